The predicted molar refractivity (Wildman–Crippen MR) is 76.1 cm³/mol. The van der Waals surface area contributed by atoms with Gasteiger partial charge in [-0.3, -0.25) is 0 Å². The summed E-state index contributed by atoms with van der Waals surface area (Å²) in [6.45, 7) is 0. The van der Waals surface area contributed by atoms with Crippen molar-refractivity contribution in [3.8, 4) is 0 Å². The smallest absolute Gasteiger partial charge is 0.243 e. The Morgan fingerprint density at radius 2 is 1.63 bits per heavy atom. The summed E-state index contributed by atoms with van der Waals surface area (Å²) in [6.07, 6.45) is 4.72. The largest absolute Gasteiger partial charge is 0.350 e. The lowest BCUT2D eigenvalue weighted by Crippen LogP contribution is -2.35. The van der Waals surface area contributed by atoms with E-state index < -0.39 is 0 Å². The molecule has 0 radical (unpaired) electrons. The van der Waals surface area contributed by atoms with Crippen molar-refractivity contribution in [2.45, 2.75) is 37.8 Å². The van der Waals surface area contributed by atoms with Crippen LogP contribution in [0.25, 0.3) is 11.0 Å². The minimum absolute atomic E-state index is 0.465. The number of aromatic nitrogens is 3. The van der Waals surface area contributed by atoms with Crippen LogP contribution in [0.2, 0.25) is 0 Å². The van der Waals surface area contributed by atoms with E-state index in [1.54, 1.807) is 0 Å². The van der Waals surface area contributed by atoms with Crippen LogP contribution in [-0.2, 0) is 0 Å². The van der Waals surface area contributed by atoms with Crippen LogP contribution in [0.3, 0.4) is 0 Å². The minimum Gasteiger partial charge on any atom is -0.350 e. The zero-order chi connectivity index (χ0) is 13.1. The van der Waals surface area contributed by atoms with Crippen LogP contribution < -0.4 is 10.6 Å². The molecule has 0 spiro atoms. The molecule has 1 aromatic carbocycles. The molecule has 0 aliphatic heterocycles. The summed E-state index contributed by atoms with van der Waals surface area (Å²) in [4.78, 5) is 4.51. The van der Waals surface area contributed by atoms with Crippen LogP contribution in [0.5, 0.6) is 0 Å². The minimum atomic E-state index is 0.465. The molecule has 2 aromatic rings. The Kier molecular flexibility index (Phi) is 3.55. The van der Waals surface area contributed by atoms with Gasteiger partial charge >= 0.3 is 0 Å². The number of nitrogens with one attached hydrogen (secondary N) is 2. The van der Waals surface area contributed by atoms with E-state index in [1.807, 2.05) is 31.3 Å². The van der Waals surface area contributed by atoms with Crippen molar-refractivity contribution < 1.29 is 0 Å². The predicted octanol–water partition coefficient (Wildman–Crippen LogP) is 1.97. The summed E-state index contributed by atoms with van der Waals surface area (Å²) in [7, 11) is 2.04. The summed E-state index contributed by atoms with van der Waals surface area (Å²) in [5, 5.41) is 15.1. The van der Waals surface area contributed by atoms with Crippen molar-refractivity contribution in [1.82, 2.24) is 20.5 Å². The second-order valence-corrected chi connectivity index (χ2v) is 5.11. The highest BCUT2D eigenvalue weighted by Gasteiger charge is 2.20. The average Bonchev–Trinajstić information content (AvgIpc) is 2.48. The van der Waals surface area contributed by atoms with E-state index in [0.29, 0.717) is 18.0 Å². The fourth-order valence-corrected chi connectivity index (χ4v) is 2.65. The molecule has 1 saturated carbocycles. The second kappa shape index (κ2) is 5.48. The van der Waals surface area contributed by atoms with Gasteiger partial charge in [0.15, 0.2) is 0 Å². The first-order valence-electron chi connectivity index (χ1n) is 6.88. The first-order valence-corrected chi connectivity index (χ1v) is 6.88. The van der Waals surface area contributed by atoms with Crippen molar-refractivity contribution in [2.24, 2.45) is 0 Å². The quantitative estimate of drug-likeness (QED) is 0.880. The van der Waals surface area contributed by atoms with Crippen LogP contribution in [0.15, 0.2) is 24.3 Å². The van der Waals surface area contributed by atoms with Crippen LogP contribution in [0, 0.1) is 0 Å². The molecule has 1 aliphatic rings. The summed E-state index contributed by atoms with van der Waals surface area (Å²) >= 11 is 0. The normalized spacial score (nSPS) is 23.4. The van der Waals surface area contributed by atoms with E-state index in [9.17, 15) is 0 Å². The zero-order valence-electron chi connectivity index (χ0n) is 11.1. The Balaban J connectivity index is 1.68. The van der Waals surface area contributed by atoms with Gasteiger partial charge in [0.2, 0.25) is 5.95 Å². The molecule has 3 rings (SSSR count). The Hall–Kier alpha value is -1.75. The van der Waals surface area contributed by atoms with Gasteiger partial charge in [0.1, 0.15) is 5.52 Å². The molecule has 5 nitrogen and oxygen atoms in total. The summed E-state index contributed by atoms with van der Waals surface area (Å²) in [5.74, 6) is 0.645. The highest BCUT2D eigenvalue weighted by atomic mass is 15.2. The molecule has 1 fully saturated rings. The van der Waals surface area contributed by atoms with E-state index >= 15 is 0 Å². The van der Waals surface area contributed by atoms with Gasteiger partial charge in [-0.05, 0) is 44.9 Å². The van der Waals surface area contributed by atoms with Gasteiger partial charge in [-0.25, -0.2) is 4.98 Å². The first kappa shape index (κ1) is 12.3. The van der Waals surface area contributed by atoms with Crippen molar-refractivity contribution in [3.63, 3.8) is 0 Å². The third-order valence-corrected chi connectivity index (χ3v) is 3.83. The number of hydrogen-bond donors (Lipinski definition) is 2. The van der Waals surface area contributed by atoms with Crippen LogP contribution in [-0.4, -0.2) is 34.3 Å². The number of benzene rings is 1. The standard InChI is InChI=1S/C14H19N5/c1-15-10-6-8-11(9-7-10)16-14-17-12-4-2-3-5-13(12)18-19-14/h2-5,10-11,15H,6-9H2,1H3,(H,16,17,19). The Bertz CT molecular complexity index is 548. The van der Waals surface area contributed by atoms with Gasteiger partial charge in [0.05, 0.1) is 5.52 Å². The van der Waals surface area contributed by atoms with Gasteiger partial charge in [-0.2, -0.15) is 0 Å². The third kappa shape index (κ3) is 2.81. The lowest BCUT2D eigenvalue weighted by atomic mass is 9.91. The molecular formula is C14H19N5. The molecule has 5 heteroatoms. The molecule has 1 aromatic heterocycles. The van der Waals surface area contributed by atoms with Crippen LogP contribution in [0.4, 0.5) is 5.95 Å². The molecule has 0 atom stereocenters. The van der Waals surface area contributed by atoms with Crippen molar-refractivity contribution in [3.05, 3.63) is 24.3 Å². The molecule has 0 unspecified atom stereocenters. The number of hydrogen-bond acceptors (Lipinski definition) is 5. The molecule has 0 bridgehead atoms. The summed E-state index contributed by atoms with van der Waals surface area (Å²) < 4.78 is 0. The molecule has 1 aliphatic carbocycles. The molecule has 2 N–H and O–H groups in total. The van der Waals surface area contributed by atoms with Crippen molar-refractivity contribution >= 4 is 17.0 Å². The number of fused-ring (bicyclic) bond motifs is 1. The summed E-state index contributed by atoms with van der Waals surface area (Å²) in [5.41, 5.74) is 1.73. The lowest BCUT2D eigenvalue weighted by Gasteiger charge is -2.28. The number of nitrogens with zero attached hydrogens (tertiary/aromatic N) is 3. The SMILES string of the molecule is CNC1CCC(Nc2nnc3ccccc3n2)CC1. The lowest BCUT2D eigenvalue weighted by molar-refractivity contribution is 0.370. The van der Waals surface area contributed by atoms with Gasteiger partial charge in [0, 0.05) is 12.1 Å². The fraction of sp³-hybridized carbons (Fsp3) is 0.500. The Labute approximate surface area is 112 Å². The van der Waals surface area contributed by atoms with E-state index in [-0.39, 0.29) is 0 Å². The molecule has 0 saturated heterocycles. The zero-order valence-corrected chi connectivity index (χ0v) is 11.1. The van der Waals surface area contributed by atoms with E-state index in [0.717, 1.165) is 23.9 Å². The Morgan fingerprint density at radius 1 is 0.947 bits per heavy atom. The second-order valence-electron chi connectivity index (χ2n) is 5.11. The monoisotopic (exact) mass is 257 g/mol. The fourth-order valence-electron chi connectivity index (χ4n) is 2.65. The maximum atomic E-state index is 4.51. The van der Waals surface area contributed by atoms with E-state index in [4.69, 9.17) is 0 Å². The third-order valence-electron chi connectivity index (χ3n) is 3.83. The summed E-state index contributed by atoms with van der Waals surface area (Å²) in [6, 6.07) is 8.94. The Morgan fingerprint density at radius 3 is 2.37 bits per heavy atom. The van der Waals surface area contributed by atoms with Crippen molar-refractivity contribution in [1.29, 1.82) is 0 Å². The molecule has 100 valence electrons. The van der Waals surface area contributed by atoms with Gasteiger partial charge in [-0.1, -0.05) is 12.1 Å². The highest BCUT2D eigenvalue weighted by Crippen LogP contribution is 2.21. The number of para-hydroxylation sites is 1. The van der Waals surface area contributed by atoms with Crippen LogP contribution >= 0.6 is 0 Å². The average molecular weight is 257 g/mol. The highest BCUT2D eigenvalue weighted by molar-refractivity contribution is 5.74. The molecular weight excluding hydrogens is 238 g/mol. The molecule has 1 heterocycles. The topological polar surface area (TPSA) is 62.7 Å². The maximum Gasteiger partial charge on any atom is 0.243 e. The van der Waals surface area contributed by atoms with Gasteiger partial charge < -0.3 is 10.6 Å². The van der Waals surface area contributed by atoms with Gasteiger partial charge in [0.25, 0.3) is 0 Å². The van der Waals surface area contributed by atoms with Gasteiger partial charge in [-0.15, -0.1) is 10.2 Å². The number of anilines is 1. The molecule has 19 heavy (non-hydrogen) atoms. The van der Waals surface area contributed by atoms with E-state index in [2.05, 4.69) is 25.8 Å². The van der Waals surface area contributed by atoms with Crippen LogP contribution in [0.1, 0.15) is 25.7 Å². The van der Waals surface area contributed by atoms with E-state index in [1.165, 1.54) is 12.8 Å². The number of rotatable bonds is 3. The first-order chi connectivity index (χ1) is 9.35. The molecule has 0 amide bonds. The maximum absolute atomic E-state index is 4.51. The van der Waals surface area contributed by atoms with Crippen molar-refractivity contribution in [2.75, 3.05) is 12.4 Å².